The minimum atomic E-state index is -3.09. The molecule has 0 radical (unpaired) electrons. The Morgan fingerprint density at radius 2 is 2.25 bits per heavy atom. The summed E-state index contributed by atoms with van der Waals surface area (Å²) in [5.74, 6) is 0.137. The van der Waals surface area contributed by atoms with E-state index in [0.717, 1.165) is 31.6 Å². The number of nitrogens with zero attached hydrogens (tertiary/aromatic N) is 3. The van der Waals surface area contributed by atoms with Crippen molar-refractivity contribution in [1.82, 2.24) is 19.4 Å². The molecule has 0 amide bonds. The first-order chi connectivity index (χ1) is 9.43. The molecule has 1 aromatic heterocycles. The zero-order chi connectivity index (χ0) is 14.8. The largest absolute Gasteiger partial charge is 0.295 e. The van der Waals surface area contributed by atoms with E-state index >= 15 is 0 Å². The second-order valence-corrected chi connectivity index (χ2v) is 7.43. The predicted molar refractivity (Wildman–Crippen MR) is 79.0 cm³/mol. The molecular weight excluding hydrogens is 276 g/mol. The molecule has 0 bridgehead atoms. The maximum atomic E-state index is 11.4. The van der Waals surface area contributed by atoms with Gasteiger partial charge in [0.2, 0.25) is 10.0 Å². The zero-order valence-corrected chi connectivity index (χ0v) is 13.3. The van der Waals surface area contributed by atoms with Crippen molar-refractivity contribution in [3.05, 3.63) is 17.5 Å². The van der Waals surface area contributed by atoms with Gasteiger partial charge in [-0.1, -0.05) is 0 Å². The van der Waals surface area contributed by atoms with Crippen LogP contribution in [0.5, 0.6) is 0 Å². The van der Waals surface area contributed by atoms with Crippen LogP contribution in [0.25, 0.3) is 0 Å². The average Bonchev–Trinajstić information content (AvgIpc) is 2.95. The molecule has 20 heavy (non-hydrogen) atoms. The lowest BCUT2D eigenvalue weighted by atomic mass is 10.1. The van der Waals surface area contributed by atoms with E-state index in [1.54, 1.807) is 6.92 Å². The van der Waals surface area contributed by atoms with Crippen molar-refractivity contribution in [1.29, 1.82) is 0 Å². The SMILES string of the molecule is CCS(=O)(=O)NCCN1CCCC1c1cn(C)nc1C. The third-order valence-corrected chi connectivity index (χ3v) is 5.28. The minimum Gasteiger partial charge on any atom is -0.295 e. The number of nitrogens with one attached hydrogen (secondary N) is 1. The highest BCUT2D eigenvalue weighted by molar-refractivity contribution is 7.89. The summed E-state index contributed by atoms with van der Waals surface area (Å²) in [6, 6.07) is 0.370. The van der Waals surface area contributed by atoms with Crippen LogP contribution >= 0.6 is 0 Å². The van der Waals surface area contributed by atoms with Crippen molar-refractivity contribution in [2.45, 2.75) is 32.7 Å². The van der Waals surface area contributed by atoms with E-state index in [1.807, 2.05) is 18.7 Å². The molecule has 114 valence electrons. The van der Waals surface area contributed by atoms with Gasteiger partial charge in [-0.2, -0.15) is 5.10 Å². The Kier molecular flexibility index (Phi) is 4.82. The molecule has 1 aliphatic heterocycles. The van der Waals surface area contributed by atoms with Gasteiger partial charge in [-0.05, 0) is 33.2 Å². The highest BCUT2D eigenvalue weighted by atomic mass is 32.2. The monoisotopic (exact) mass is 300 g/mol. The van der Waals surface area contributed by atoms with Crippen molar-refractivity contribution < 1.29 is 8.42 Å². The van der Waals surface area contributed by atoms with E-state index in [0.29, 0.717) is 12.6 Å². The van der Waals surface area contributed by atoms with E-state index in [9.17, 15) is 8.42 Å². The van der Waals surface area contributed by atoms with E-state index < -0.39 is 10.0 Å². The molecule has 0 saturated carbocycles. The Balaban J connectivity index is 1.96. The molecule has 0 aliphatic carbocycles. The van der Waals surface area contributed by atoms with Crippen LogP contribution in [0.15, 0.2) is 6.20 Å². The third-order valence-electron chi connectivity index (χ3n) is 3.88. The Morgan fingerprint density at radius 1 is 1.50 bits per heavy atom. The number of aromatic nitrogens is 2. The number of aryl methyl sites for hydroxylation is 2. The van der Waals surface area contributed by atoms with E-state index in [2.05, 4.69) is 20.9 Å². The molecule has 2 rings (SSSR count). The maximum Gasteiger partial charge on any atom is 0.211 e. The lowest BCUT2D eigenvalue weighted by molar-refractivity contribution is 0.261. The Bertz CT molecular complexity index is 553. The minimum absolute atomic E-state index is 0.137. The van der Waals surface area contributed by atoms with Gasteiger partial charge in [0.25, 0.3) is 0 Å². The van der Waals surface area contributed by atoms with Crippen LogP contribution in [0.3, 0.4) is 0 Å². The average molecular weight is 300 g/mol. The van der Waals surface area contributed by atoms with E-state index in [1.165, 1.54) is 5.56 Å². The van der Waals surface area contributed by atoms with Gasteiger partial charge in [-0.3, -0.25) is 9.58 Å². The number of sulfonamides is 1. The summed E-state index contributed by atoms with van der Waals surface area (Å²) in [6.45, 7) is 5.93. The molecule has 0 aromatic carbocycles. The second kappa shape index (κ2) is 6.24. The molecule has 1 atom stereocenters. The summed E-state index contributed by atoms with van der Waals surface area (Å²) in [7, 11) is -1.15. The van der Waals surface area contributed by atoms with Gasteiger partial charge in [0.15, 0.2) is 0 Å². The van der Waals surface area contributed by atoms with Gasteiger partial charge in [-0.25, -0.2) is 13.1 Å². The topological polar surface area (TPSA) is 67.2 Å². The Morgan fingerprint density at radius 3 is 2.85 bits per heavy atom. The van der Waals surface area contributed by atoms with Gasteiger partial charge in [0.1, 0.15) is 0 Å². The van der Waals surface area contributed by atoms with Crippen molar-refractivity contribution in [2.75, 3.05) is 25.4 Å². The summed E-state index contributed by atoms with van der Waals surface area (Å²) in [6.07, 6.45) is 4.35. The smallest absolute Gasteiger partial charge is 0.211 e. The molecule has 6 nitrogen and oxygen atoms in total. The highest BCUT2D eigenvalue weighted by Gasteiger charge is 2.28. The normalized spacial score (nSPS) is 20.6. The van der Waals surface area contributed by atoms with Gasteiger partial charge >= 0.3 is 0 Å². The molecule has 0 spiro atoms. The lowest BCUT2D eigenvalue weighted by Crippen LogP contribution is -2.35. The first-order valence-corrected chi connectivity index (χ1v) is 8.79. The van der Waals surface area contributed by atoms with Gasteiger partial charge < -0.3 is 0 Å². The molecule has 1 saturated heterocycles. The van der Waals surface area contributed by atoms with Gasteiger partial charge in [0.05, 0.1) is 11.4 Å². The van der Waals surface area contributed by atoms with Gasteiger partial charge in [0, 0.05) is 37.9 Å². The van der Waals surface area contributed by atoms with Crippen LogP contribution in [0.4, 0.5) is 0 Å². The van der Waals surface area contributed by atoms with Crippen LogP contribution in [0, 0.1) is 6.92 Å². The fourth-order valence-electron chi connectivity index (χ4n) is 2.84. The van der Waals surface area contributed by atoms with Crippen LogP contribution in [-0.4, -0.2) is 48.5 Å². The summed E-state index contributed by atoms with van der Waals surface area (Å²) in [5, 5.41) is 4.40. The summed E-state index contributed by atoms with van der Waals surface area (Å²) < 4.78 is 27.4. The number of likely N-dealkylation sites (tertiary alicyclic amines) is 1. The molecule has 2 heterocycles. The second-order valence-electron chi connectivity index (χ2n) is 5.34. The number of hydrogen-bond acceptors (Lipinski definition) is 4. The fraction of sp³-hybridized carbons (Fsp3) is 0.769. The van der Waals surface area contributed by atoms with Crippen molar-refractivity contribution >= 4 is 10.0 Å². The Labute approximate surface area is 121 Å². The van der Waals surface area contributed by atoms with Crippen LogP contribution in [-0.2, 0) is 17.1 Å². The first-order valence-electron chi connectivity index (χ1n) is 7.14. The van der Waals surface area contributed by atoms with Crippen molar-refractivity contribution in [2.24, 2.45) is 7.05 Å². The first kappa shape index (κ1) is 15.5. The van der Waals surface area contributed by atoms with Crippen LogP contribution < -0.4 is 4.72 Å². The Hall–Kier alpha value is -0.920. The van der Waals surface area contributed by atoms with E-state index in [4.69, 9.17) is 0 Å². The van der Waals surface area contributed by atoms with Gasteiger partial charge in [-0.15, -0.1) is 0 Å². The summed E-state index contributed by atoms with van der Waals surface area (Å²) >= 11 is 0. The molecule has 7 heteroatoms. The standard InChI is InChI=1S/C13H24N4O2S/c1-4-20(18,19)14-7-9-17-8-5-6-13(17)12-10-16(3)15-11(12)2/h10,13-14H,4-9H2,1-3H3. The maximum absolute atomic E-state index is 11.4. The molecule has 1 N–H and O–H groups in total. The quantitative estimate of drug-likeness (QED) is 0.844. The van der Waals surface area contributed by atoms with Crippen LogP contribution in [0.1, 0.15) is 37.1 Å². The molecule has 1 fully saturated rings. The molecule has 1 aliphatic rings. The number of hydrogen-bond donors (Lipinski definition) is 1. The zero-order valence-electron chi connectivity index (χ0n) is 12.5. The highest BCUT2D eigenvalue weighted by Crippen LogP contribution is 2.32. The lowest BCUT2D eigenvalue weighted by Gasteiger charge is -2.24. The third kappa shape index (κ3) is 3.59. The fourth-order valence-corrected chi connectivity index (χ4v) is 3.44. The van der Waals surface area contributed by atoms with Crippen LogP contribution in [0.2, 0.25) is 0 Å². The molecule has 1 aromatic rings. The van der Waals surface area contributed by atoms with Crippen molar-refractivity contribution in [3.63, 3.8) is 0 Å². The van der Waals surface area contributed by atoms with E-state index in [-0.39, 0.29) is 5.75 Å². The predicted octanol–water partition coefficient (Wildman–Crippen LogP) is 0.805. The molecule has 1 unspecified atom stereocenters. The number of rotatable bonds is 6. The molecular formula is C13H24N4O2S. The summed E-state index contributed by atoms with van der Waals surface area (Å²) in [4.78, 5) is 2.35. The summed E-state index contributed by atoms with van der Waals surface area (Å²) in [5.41, 5.74) is 2.34. The van der Waals surface area contributed by atoms with Crippen molar-refractivity contribution in [3.8, 4) is 0 Å².